The molecule has 0 spiro atoms. The molecule has 0 aliphatic carbocycles. The quantitative estimate of drug-likeness (QED) is 0.945. The van der Waals surface area contributed by atoms with Crippen molar-refractivity contribution in [2.24, 2.45) is 12.8 Å². The monoisotopic (exact) mass is 291 g/mol. The number of fused-ring (bicyclic) bond motifs is 1. The number of benzene rings is 1. The number of hydrogen-bond donors (Lipinski definition) is 1. The summed E-state index contributed by atoms with van der Waals surface area (Å²) in [4.78, 5) is 0. The highest BCUT2D eigenvalue weighted by atomic mass is 35.5. The van der Waals surface area contributed by atoms with E-state index in [0.29, 0.717) is 11.4 Å². The number of aromatic nitrogens is 2. The van der Waals surface area contributed by atoms with Crippen molar-refractivity contribution in [1.82, 2.24) is 9.78 Å². The van der Waals surface area contributed by atoms with Gasteiger partial charge in [-0.05, 0) is 24.1 Å². The topological polar surface area (TPSA) is 53.1 Å². The second-order valence-corrected chi connectivity index (χ2v) is 5.62. The molecule has 4 nitrogen and oxygen atoms in total. The van der Waals surface area contributed by atoms with Crippen LogP contribution in [-0.2, 0) is 19.9 Å². The first kappa shape index (κ1) is 13.5. The van der Waals surface area contributed by atoms with Gasteiger partial charge in [-0.2, -0.15) is 5.10 Å². The second-order valence-electron chi connectivity index (χ2n) is 5.25. The second kappa shape index (κ2) is 5.11. The molecule has 1 aliphatic rings. The van der Waals surface area contributed by atoms with E-state index in [1.54, 1.807) is 0 Å². The third kappa shape index (κ3) is 2.30. The summed E-state index contributed by atoms with van der Waals surface area (Å²) < 4.78 is 7.33. The van der Waals surface area contributed by atoms with Crippen LogP contribution in [0.5, 0.6) is 5.75 Å². The minimum Gasteiger partial charge on any atom is -0.493 e. The lowest BCUT2D eigenvalue weighted by Gasteiger charge is -2.13. The molecule has 1 aliphatic heterocycles. The van der Waals surface area contributed by atoms with E-state index in [4.69, 9.17) is 22.1 Å². The Morgan fingerprint density at radius 2 is 2.30 bits per heavy atom. The summed E-state index contributed by atoms with van der Waals surface area (Å²) in [6.45, 7) is 2.67. The normalized spacial score (nSPS) is 15.0. The fourth-order valence-corrected chi connectivity index (χ4v) is 2.90. The van der Waals surface area contributed by atoms with Crippen LogP contribution in [0, 0.1) is 6.92 Å². The molecule has 1 atom stereocenters. The third-order valence-corrected chi connectivity index (χ3v) is 4.31. The molecule has 0 amide bonds. The predicted molar refractivity (Wildman–Crippen MR) is 79.2 cm³/mol. The van der Waals surface area contributed by atoms with E-state index in [1.807, 2.05) is 30.8 Å². The highest BCUT2D eigenvalue weighted by molar-refractivity contribution is 6.31. The van der Waals surface area contributed by atoms with E-state index in [2.05, 4.69) is 11.2 Å². The summed E-state index contributed by atoms with van der Waals surface area (Å²) in [5, 5.41) is 5.04. The van der Waals surface area contributed by atoms with Gasteiger partial charge in [0.15, 0.2) is 0 Å². The van der Waals surface area contributed by atoms with Crippen molar-refractivity contribution < 1.29 is 4.74 Å². The van der Waals surface area contributed by atoms with Crippen LogP contribution < -0.4 is 10.5 Å². The summed E-state index contributed by atoms with van der Waals surface area (Å²) in [6.07, 6.45) is 1.64. The molecule has 1 unspecified atom stereocenters. The number of rotatable bonds is 3. The standard InChI is InChI=1S/C15H18ClN3O/c1-9-15(16)13(19(2)18-9)8-12(17)10-3-4-14-11(7-10)5-6-20-14/h3-4,7,12H,5-6,8,17H2,1-2H3. The maximum atomic E-state index is 6.33. The Kier molecular flexibility index (Phi) is 3.44. The lowest BCUT2D eigenvalue weighted by molar-refractivity contribution is 0.357. The molecule has 2 heterocycles. The minimum atomic E-state index is -0.0896. The Morgan fingerprint density at radius 3 is 3.00 bits per heavy atom. The molecule has 0 saturated heterocycles. The van der Waals surface area contributed by atoms with Crippen molar-refractivity contribution in [3.8, 4) is 5.75 Å². The number of aryl methyl sites for hydroxylation is 2. The van der Waals surface area contributed by atoms with Gasteiger partial charge in [0, 0.05) is 25.9 Å². The van der Waals surface area contributed by atoms with Crippen molar-refractivity contribution in [2.75, 3.05) is 6.61 Å². The average Bonchev–Trinajstić information content (AvgIpc) is 2.98. The molecule has 2 N–H and O–H groups in total. The van der Waals surface area contributed by atoms with Gasteiger partial charge in [0.25, 0.3) is 0 Å². The van der Waals surface area contributed by atoms with Gasteiger partial charge < -0.3 is 10.5 Å². The van der Waals surface area contributed by atoms with E-state index < -0.39 is 0 Å². The lowest BCUT2D eigenvalue weighted by atomic mass is 9.99. The highest BCUT2D eigenvalue weighted by Gasteiger charge is 2.18. The van der Waals surface area contributed by atoms with E-state index in [0.717, 1.165) is 35.7 Å². The van der Waals surface area contributed by atoms with Crippen molar-refractivity contribution in [3.63, 3.8) is 0 Å². The molecule has 20 heavy (non-hydrogen) atoms. The van der Waals surface area contributed by atoms with E-state index in [9.17, 15) is 0 Å². The van der Waals surface area contributed by atoms with Gasteiger partial charge in [0.2, 0.25) is 0 Å². The number of ether oxygens (including phenoxy) is 1. The molecule has 0 saturated carbocycles. The fourth-order valence-electron chi connectivity index (χ4n) is 2.67. The summed E-state index contributed by atoms with van der Waals surface area (Å²) in [5.74, 6) is 0.982. The maximum absolute atomic E-state index is 6.33. The van der Waals surface area contributed by atoms with Gasteiger partial charge in [-0.1, -0.05) is 23.7 Å². The van der Waals surface area contributed by atoms with Crippen LogP contribution in [-0.4, -0.2) is 16.4 Å². The number of halogens is 1. The highest BCUT2D eigenvalue weighted by Crippen LogP contribution is 2.30. The number of nitrogens with two attached hydrogens (primary N) is 1. The first-order chi connectivity index (χ1) is 9.56. The summed E-state index contributed by atoms with van der Waals surface area (Å²) in [7, 11) is 1.90. The van der Waals surface area contributed by atoms with Crippen molar-refractivity contribution in [1.29, 1.82) is 0 Å². The Bertz CT molecular complexity index is 651. The van der Waals surface area contributed by atoms with Gasteiger partial charge in [0.1, 0.15) is 5.75 Å². The van der Waals surface area contributed by atoms with Crippen LogP contribution in [0.4, 0.5) is 0 Å². The summed E-state index contributed by atoms with van der Waals surface area (Å²) in [5.41, 5.74) is 10.5. The van der Waals surface area contributed by atoms with Crippen molar-refractivity contribution in [3.05, 3.63) is 45.7 Å². The average molecular weight is 292 g/mol. The molecule has 0 fully saturated rings. The van der Waals surface area contributed by atoms with Crippen LogP contribution in [0.25, 0.3) is 0 Å². The van der Waals surface area contributed by atoms with Gasteiger partial charge in [-0.3, -0.25) is 4.68 Å². The Morgan fingerprint density at radius 1 is 1.50 bits per heavy atom. The van der Waals surface area contributed by atoms with Crippen molar-refractivity contribution >= 4 is 11.6 Å². The predicted octanol–water partition coefficient (Wildman–Crippen LogP) is 2.56. The van der Waals surface area contributed by atoms with Crippen LogP contribution in [0.2, 0.25) is 5.02 Å². The zero-order valence-electron chi connectivity index (χ0n) is 11.7. The summed E-state index contributed by atoms with van der Waals surface area (Å²) in [6, 6.07) is 6.09. The lowest BCUT2D eigenvalue weighted by Crippen LogP contribution is -2.15. The maximum Gasteiger partial charge on any atom is 0.122 e. The van der Waals surface area contributed by atoms with Gasteiger partial charge in [-0.15, -0.1) is 0 Å². The van der Waals surface area contributed by atoms with E-state index in [-0.39, 0.29) is 6.04 Å². The van der Waals surface area contributed by atoms with E-state index >= 15 is 0 Å². The van der Waals surface area contributed by atoms with Crippen LogP contribution in [0.3, 0.4) is 0 Å². The Balaban J connectivity index is 1.84. The Labute approximate surface area is 123 Å². The zero-order valence-corrected chi connectivity index (χ0v) is 12.4. The Hall–Kier alpha value is -1.52. The SMILES string of the molecule is Cc1nn(C)c(CC(N)c2ccc3c(c2)CCO3)c1Cl. The largest absolute Gasteiger partial charge is 0.493 e. The molecule has 0 bridgehead atoms. The smallest absolute Gasteiger partial charge is 0.122 e. The van der Waals surface area contributed by atoms with Crippen molar-refractivity contribution in [2.45, 2.75) is 25.8 Å². The molecule has 106 valence electrons. The zero-order chi connectivity index (χ0) is 14.3. The van der Waals surface area contributed by atoms with Gasteiger partial charge >= 0.3 is 0 Å². The number of nitrogens with zero attached hydrogens (tertiary/aromatic N) is 2. The van der Waals surface area contributed by atoms with Crippen LogP contribution in [0.1, 0.15) is 28.6 Å². The fraction of sp³-hybridized carbons (Fsp3) is 0.400. The van der Waals surface area contributed by atoms with Crippen LogP contribution in [0.15, 0.2) is 18.2 Å². The molecular weight excluding hydrogens is 274 g/mol. The molecule has 3 rings (SSSR count). The van der Waals surface area contributed by atoms with Gasteiger partial charge in [-0.25, -0.2) is 0 Å². The molecule has 2 aromatic rings. The molecular formula is C15H18ClN3O. The summed E-state index contributed by atoms with van der Waals surface area (Å²) >= 11 is 6.28. The minimum absolute atomic E-state index is 0.0896. The molecule has 1 aromatic carbocycles. The first-order valence-corrected chi connectivity index (χ1v) is 7.13. The van der Waals surface area contributed by atoms with Crippen LogP contribution >= 0.6 is 11.6 Å². The third-order valence-electron chi connectivity index (χ3n) is 3.82. The van der Waals surface area contributed by atoms with Gasteiger partial charge in [0.05, 0.1) is 23.0 Å². The molecule has 0 radical (unpaired) electrons. The molecule has 1 aromatic heterocycles. The molecule has 5 heteroatoms. The first-order valence-electron chi connectivity index (χ1n) is 6.75. The number of hydrogen-bond acceptors (Lipinski definition) is 3. The van der Waals surface area contributed by atoms with E-state index in [1.165, 1.54) is 5.56 Å².